The van der Waals surface area contributed by atoms with Gasteiger partial charge < -0.3 is 14.6 Å². The SMILES string of the molecule is O=C(NCCCCCc1nc2ccccc2n1CCOc1cccc2ccccc12)c1ccccc1. The van der Waals surface area contributed by atoms with Gasteiger partial charge in [-0.3, -0.25) is 4.79 Å². The second kappa shape index (κ2) is 11.5. The second-order valence-corrected chi connectivity index (χ2v) is 8.93. The lowest BCUT2D eigenvalue weighted by atomic mass is 10.1. The van der Waals surface area contributed by atoms with Crippen LogP contribution in [0.2, 0.25) is 0 Å². The van der Waals surface area contributed by atoms with Crippen LogP contribution < -0.4 is 10.1 Å². The van der Waals surface area contributed by atoms with Crippen molar-refractivity contribution in [2.45, 2.75) is 32.2 Å². The number of unbranched alkanes of at least 4 members (excludes halogenated alkanes) is 2. The van der Waals surface area contributed by atoms with Crippen LogP contribution in [0.5, 0.6) is 5.75 Å². The number of imidazole rings is 1. The summed E-state index contributed by atoms with van der Waals surface area (Å²) in [5, 5.41) is 5.33. The zero-order valence-corrected chi connectivity index (χ0v) is 20.4. The lowest BCUT2D eigenvalue weighted by Crippen LogP contribution is -2.24. The molecule has 5 heteroatoms. The van der Waals surface area contributed by atoms with Crippen molar-refractivity contribution in [3.63, 3.8) is 0 Å². The molecule has 0 atom stereocenters. The molecule has 0 saturated heterocycles. The molecule has 1 amide bonds. The van der Waals surface area contributed by atoms with Gasteiger partial charge in [0.2, 0.25) is 0 Å². The highest BCUT2D eigenvalue weighted by atomic mass is 16.5. The minimum Gasteiger partial charge on any atom is -0.491 e. The molecule has 5 aromatic rings. The maximum absolute atomic E-state index is 12.2. The molecule has 0 saturated carbocycles. The predicted molar refractivity (Wildman–Crippen MR) is 146 cm³/mol. The summed E-state index contributed by atoms with van der Waals surface area (Å²) >= 11 is 0. The summed E-state index contributed by atoms with van der Waals surface area (Å²) in [6, 6.07) is 32.1. The molecule has 182 valence electrons. The molecule has 1 heterocycles. The number of benzene rings is 4. The van der Waals surface area contributed by atoms with Crippen molar-refractivity contribution in [3.8, 4) is 5.75 Å². The van der Waals surface area contributed by atoms with Crippen molar-refractivity contribution in [2.75, 3.05) is 13.2 Å². The van der Waals surface area contributed by atoms with E-state index in [2.05, 4.69) is 46.3 Å². The van der Waals surface area contributed by atoms with Gasteiger partial charge in [0.1, 0.15) is 18.2 Å². The molecule has 1 N–H and O–H groups in total. The number of aryl methyl sites for hydroxylation is 1. The monoisotopic (exact) mass is 477 g/mol. The van der Waals surface area contributed by atoms with E-state index in [0.717, 1.165) is 60.2 Å². The number of aromatic nitrogens is 2. The van der Waals surface area contributed by atoms with Crippen molar-refractivity contribution in [3.05, 3.63) is 108 Å². The Balaban J connectivity index is 1.16. The predicted octanol–water partition coefficient (Wildman–Crippen LogP) is 6.41. The molecule has 1 aromatic heterocycles. The van der Waals surface area contributed by atoms with Crippen LogP contribution in [-0.4, -0.2) is 28.6 Å². The normalized spacial score (nSPS) is 11.1. The highest BCUT2D eigenvalue weighted by molar-refractivity contribution is 5.94. The molecule has 0 unspecified atom stereocenters. The Bertz CT molecular complexity index is 1440. The first-order chi connectivity index (χ1) is 17.8. The summed E-state index contributed by atoms with van der Waals surface area (Å²) < 4.78 is 8.51. The number of amides is 1. The van der Waals surface area contributed by atoms with E-state index in [9.17, 15) is 4.79 Å². The lowest BCUT2D eigenvalue weighted by Gasteiger charge is -2.12. The molecule has 0 aliphatic carbocycles. The van der Waals surface area contributed by atoms with Crippen LogP contribution in [0.4, 0.5) is 0 Å². The number of hydrogen-bond donors (Lipinski definition) is 1. The quantitative estimate of drug-likeness (QED) is 0.224. The molecule has 4 aromatic carbocycles. The number of nitrogens with zero attached hydrogens (tertiary/aromatic N) is 2. The number of nitrogens with one attached hydrogen (secondary N) is 1. The highest BCUT2D eigenvalue weighted by Crippen LogP contribution is 2.25. The van der Waals surface area contributed by atoms with E-state index in [4.69, 9.17) is 9.72 Å². The zero-order chi connectivity index (χ0) is 24.6. The van der Waals surface area contributed by atoms with Gasteiger partial charge >= 0.3 is 0 Å². The number of fused-ring (bicyclic) bond motifs is 2. The van der Waals surface area contributed by atoms with Crippen LogP contribution in [0.3, 0.4) is 0 Å². The van der Waals surface area contributed by atoms with Crippen LogP contribution in [0.1, 0.15) is 35.4 Å². The third-order valence-corrected chi connectivity index (χ3v) is 6.45. The van der Waals surface area contributed by atoms with E-state index in [0.29, 0.717) is 18.7 Å². The first-order valence-corrected chi connectivity index (χ1v) is 12.7. The zero-order valence-electron chi connectivity index (χ0n) is 20.4. The van der Waals surface area contributed by atoms with Gasteiger partial charge in [-0.05, 0) is 48.6 Å². The van der Waals surface area contributed by atoms with E-state index in [1.54, 1.807) is 0 Å². The molecule has 5 nitrogen and oxygen atoms in total. The maximum atomic E-state index is 12.2. The first-order valence-electron chi connectivity index (χ1n) is 12.7. The van der Waals surface area contributed by atoms with Gasteiger partial charge in [-0.15, -0.1) is 0 Å². The van der Waals surface area contributed by atoms with Gasteiger partial charge in [-0.1, -0.05) is 73.2 Å². The fourth-order valence-corrected chi connectivity index (χ4v) is 4.61. The molecular weight excluding hydrogens is 446 g/mol. The van der Waals surface area contributed by atoms with Crippen LogP contribution in [-0.2, 0) is 13.0 Å². The minimum absolute atomic E-state index is 0.0106. The van der Waals surface area contributed by atoms with Crippen molar-refractivity contribution in [2.24, 2.45) is 0 Å². The Morgan fingerprint density at radius 3 is 2.50 bits per heavy atom. The third kappa shape index (κ3) is 5.57. The fraction of sp³-hybridized carbons (Fsp3) is 0.226. The first kappa shape index (κ1) is 23.6. The molecule has 36 heavy (non-hydrogen) atoms. The van der Waals surface area contributed by atoms with Gasteiger partial charge in [0.15, 0.2) is 0 Å². The number of rotatable bonds is 11. The van der Waals surface area contributed by atoms with Gasteiger partial charge in [-0.2, -0.15) is 0 Å². The molecule has 0 aliphatic heterocycles. The third-order valence-electron chi connectivity index (χ3n) is 6.45. The fourth-order valence-electron chi connectivity index (χ4n) is 4.61. The number of ether oxygens (including phenoxy) is 1. The second-order valence-electron chi connectivity index (χ2n) is 8.93. The maximum Gasteiger partial charge on any atom is 0.251 e. The summed E-state index contributed by atoms with van der Waals surface area (Å²) in [6.07, 6.45) is 3.90. The number of para-hydroxylation sites is 2. The van der Waals surface area contributed by atoms with E-state index in [1.165, 1.54) is 5.39 Å². The Morgan fingerprint density at radius 2 is 1.58 bits per heavy atom. The smallest absolute Gasteiger partial charge is 0.251 e. The standard InChI is InChI=1S/C31H31N3O2/c35-31(25-13-3-1-4-14-25)32-21-10-2-5-20-30-33-27-17-8-9-18-28(27)34(30)22-23-36-29-19-11-15-24-12-6-7-16-26(24)29/h1,3-4,6-9,11-19H,2,5,10,20-23H2,(H,32,35). The highest BCUT2D eigenvalue weighted by Gasteiger charge is 2.11. The van der Waals surface area contributed by atoms with E-state index in [1.807, 2.05) is 60.7 Å². The Kier molecular flexibility index (Phi) is 7.57. The summed E-state index contributed by atoms with van der Waals surface area (Å²) in [7, 11) is 0. The van der Waals surface area contributed by atoms with Crippen molar-refractivity contribution in [1.82, 2.24) is 14.9 Å². The molecule has 0 bridgehead atoms. The molecule has 0 aliphatic rings. The Labute approximate surface area is 211 Å². The number of carbonyl (C=O) groups is 1. The summed E-state index contributed by atoms with van der Waals surface area (Å²) in [4.78, 5) is 17.1. The summed E-state index contributed by atoms with van der Waals surface area (Å²) in [5.41, 5.74) is 2.87. The van der Waals surface area contributed by atoms with Gasteiger partial charge in [-0.25, -0.2) is 4.98 Å². The van der Waals surface area contributed by atoms with E-state index >= 15 is 0 Å². The molecule has 5 rings (SSSR count). The van der Waals surface area contributed by atoms with Gasteiger partial charge in [0, 0.05) is 23.9 Å². The topological polar surface area (TPSA) is 56.2 Å². The molecule has 0 radical (unpaired) electrons. The van der Waals surface area contributed by atoms with Crippen LogP contribution in [0, 0.1) is 0 Å². The van der Waals surface area contributed by atoms with Crippen LogP contribution in [0.25, 0.3) is 21.8 Å². The molecule has 0 fully saturated rings. The van der Waals surface area contributed by atoms with Gasteiger partial charge in [0.05, 0.1) is 17.6 Å². The van der Waals surface area contributed by atoms with E-state index < -0.39 is 0 Å². The van der Waals surface area contributed by atoms with Crippen LogP contribution >= 0.6 is 0 Å². The average molecular weight is 478 g/mol. The lowest BCUT2D eigenvalue weighted by molar-refractivity contribution is 0.0953. The number of hydrogen-bond acceptors (Lipinski definition) is 3. The Hall–Kier alpha value is -4.12. The minimum atomic E-state index is -0.0106. The van der Waals surface area contributed by atoms with Crippen LogP contribution in [0.15, 0.2) is 97.1 Å². The van der Waals surface area contributed by atoms with Crippen molar-refractivity contribution >= 4 is 27.7 Å². The number of carbonyl (C=O) groups excluding carboxylic acids is 1. The van der Waals surface area contributed by atoms with Crippen molar-refractivity contribution < 1.29 is 9.53 Å². The van der Waals surface area contributed by atoms with Gasteiger partial charge in [0.25, 0.3) is 5.91 Å². The largest absolute Gasteiger partial charge is 0.491 e. The molecular formula is C31H31N3O2. The molecule has 0 spiro atoms. The Morgan fingerprint density at radius 1 is 0.806 bits per heavy atom. The summed E-state index contributed by atoms with van der Waals surface area (Å²) in [5.74, 6) is 1.99. The van der Waals surface area contributed by atoms with Crippen molar-refractivity contribution in [1.29, 1.82) is 0 Å². The van der Waals surface area contributed by atoms with E-state index in [-0.39, 0.29) is 5.91 Å². The average Bonchev–Trinajstić information content (AvgIpc) is 3.28. The summed E-state index contributed by atoms with van der Waals surface area (Å²) in [6.45, 7) is 2.00.